The first-order chi connectivity index (χ1) is 23.6. The lowest BCUT2D eigenvalue weighted by Gasteiger charge is -2.57. The van der Waals surface area contributed by atoms with E-state index in [1.165, 1.54) is 81.8 Å². The third-order valence-electron chi connectivity index (χ3n) is 12.2. The van der Waals surface area contributed by atoms with Crippen molar-refractivity contribution in [3.05, 3.63) is 114 Å². The fourth-order valence-corrected chi connectivity index (χ4v) is 10.3. The fourth-order valence-electron chi connectivity index (χ4n) is 10.3. The third kappa shape index (κ3) is 5.34. The van der Waals surface area contributed by atoms with E-state index in [-0.39, 0.29) is 0 Å². The van der Waals surface area contributed by atoms with Gasteiger partial charge in [0.1, 0.15) is 0 Å². The monoisotopic (exact) mass is 626 g/mol. The summed E-state index contributed by atoms with van der Waals surface area (Å²) in [5, 5.41) is 9.94. The van der Waals surface area contributed by atoms with Gasteiger partial charge in [0.15, 0.2) is 17.5 Å². The highest BCUT2D eigenvalue weighted by molar-refractivity contribution is 5.84. The average Bonchev–Trinajstić information content (AvgIpc) is 3.14. The predicted molar refractivity (Wildman–Crippen MR) is 192 cm³/mol. The van der Waals surface area contributed by atoms with Gasteiger partial charge < -0.3 is 0 Å². The van der Waals surface area contributed by atoms with Gasteiger partial charge >= 0.3 is 0 Å². The predicted octanol–water partition coefficient (Wildman–Crippen LogP) is 10.9. The van der Waals surface area contributed by atoms with Crippen LogP contribution in [0.3, 0.4) is 0 Å². The molecule has 0 atom stereocenters. The zero-order chi connectivity index (χ0) is 32.1. The number of rotatable bonds is 6. The molecule has 5 fully saturated rings. The first kappa shape index (κ1) is 29.5. The van der Waals surface area contributed by atoms with Gasteiger partial charge in [0.05, 0.1) is 11.6 Å². The van der Waals surface area contributed by atoms with Gasteiger partial charge in [-0.3, -0.25) is 0 Å². The molecule has 0 radical (unpaired) electrons. The second-order valence-electron chi connectivity index (χ2n) is 15.2. The van der Waals surface area contributed by atoms with Crippen molar-refractivity contribution in [2.45, 2.75) is 82.0 Å². The first-order valence-electron chi connectivity index (χ1n) is 18.2. The van der Waals surface area contributed by atoms with Crippen LogP contribution in [0.25, 0.3) is 45.3 Å². The number of hydrogen-bond acceptors (Lipinski definition) is 4. The molecule has 0 unspecified atom stereocenters. The van der Waals surface area contributed by atoms with Crippen LogP contribution in [0, 0.1) is 29.1 Å². The smallest absolute Gasteiger partial charge is 0.164 e. The van der Waals surface area contributed by atoms with Crippen molar-refractivity contribution in [3.63, 3.8) is 0 Å². The SMILES string of the molecule is N#Cc1ccccc1-c1ccccc1-c1nc(-c2ccc(C3CCCCC3)cc2)nc(-c2ccc(C34CC5CC(CC(C5)C3)C4)cc2)n1. The molecular weight excluding hydrogens is 585 g/mol. The Kier molecular flexibility index (Phi) is 7.45. The normalized spacial score (nSPS) is 24.8. The topological polar surface area (TPSA) is 62.5 Å². The molecule has 5 aliphatic rings. The molecule has 238 valence electrons. The van der Waals surface area contributed by atoms with Crippen molar-refractivity contribution in [1.29, 1.82) is 5.26 Å². The lowest BCUT2D eigenvalue weighted by molar-refractivity contribution is -0.00518. The Balaban J connectivity index is 1.13. The number of aromatic nitrogens is 3. The standard InChI is InChI=1S/C44H42N4/c45-28-36-10-4-5-11-38(36)39-12-6-7-13-40(39)43-47-41(34-16-14-33(15-17-34)32-8-2-1-3-9-32)46-42(48-43)35-18-20-37(21-19-35)44-25-29-22-30(26-44)24-31(23-29)27-44/h4-7,10-21,29-32H,1-3,8-9,22-27H2. The van der Waals surface area contributed by atoms with Gasteiger partial charge in [0.2, 0.25) is 0 Å². The largest absolute Gasteiger partial charge is 0.208 e. The summed E-state index contributed by atoms with van der Waals surface area (Å²) < 4.78 is 0. The van der Waals surface area contributed by atoms with Gasteiger partial charge in [-0.25, -0.2) is 15.0 Å². The van der Waals surface area contributed by atoms with Crippen molar-refractivity contribution in [1.82, 2.24) is 15.0 Å². The molecule has 48 heavy (non-hydrogen) atoms. The van der Waals surface area contributed by atoms with Gasteiger partial charge in [0, 0.05) is 22.3 Å². The maximum Gasteiger partial charge on any atom is 0.164 e. The molecule has 1 aromatic heterocycles. The molecule has 0 aliphatic heterocycles. The quantitative estimate of drug-likeness (QED) is 0.188. The van der Waals surface area contributed by atoms with Crippen molar-refractivity contribution in [3.8, 4) is 51.4 Å². The third-order valence-corrected chi connectivity index (χ3v) is 12.2. The lowest BCUT2D eigenvalue weighted by Crippen LogP contribution is -2.48. The molecule has 0 N–H and O–H groups in total. The van der Waals surface area contributed by atoms with Crippen LogP contribution in [0.15, 0.2) is 97.1 Å². The van der Waals surface area contributed by atoms with Crippen molar-refractivity contribution < 1.29 is 0 Å². The van der Waals surface area contributed by atoms with E-state index in [0.717, 1.165) is 45.6 Å². The second-order valence-corrected chi connectivity index (χ2v) is 15.2. The Hall–Kier alpha value is -4.62. The second kappa shape index (κ2) is 12.1. The first-order valence-corrected chi connectivity index (χ1v) is 18.2. The Morgan fingerprint density at radius 3 is 1.67 bits per heavy atom. The van der Waals surface area contributed by atoms with Crippen LogP contribution in [0.1, 0.15) is 93.2 Å². The van der Waals surface area contributed by atoms with Crippen LogP contribution in [0.2, 0.25) is 0 Å². The highest BCUT2D eigenvalue weighted by Crippen LogP contribution is 2.60. The summed E-state index contributed by atoms with van der Waals surface area (Å²) in [7, 11) is 0. The van der Waals surface area contributed by atoms with Gasteiger partial charge in [-0.1, -0.05) is 110 Å². The minimum atomic E-state index is 0.357. The highest BCUT2D eigenvalue weighted by Gasteiger charge is 2.51. The molecule has 10 rings (SSSR count). The minimum Gasteiger partial charge on any atom is -0.208 e. The van der Waals surface area contributed by atoms with Crippen molar-refractivity contribution in [2.24, 2.45) is 17.8 Å². The van der Waals surface area contributed by atoms with E-state index < -0.39 is 0 Å². The van der Waals surface area contributed by atoms with Crippen LogP contribution in [0.4, 0.5) is 0 Å². The minimum absolute atomic E-state index is 0.357. The van der Waals surface area contributed by atoms with E-state index in [4.69, 9.17) is 15.0 Å². The summed E-state index contributed by atoms with van der Waals surface area (Å²) in [6, 6.07) is 36.5. The van der Waals surface area contributed by atoms with Crippen LogP contribution in [0.5, 0.6) is 0 Å². The van der Waals surface area contributed by atoms with E-state index in [0.29, 0.717) is 34.4 Å². The molecule has 0 amide bonds. The van der Waals surface area contributed by atoms with E-state index in [1.807, 2.05) is 36.4 Å². The summed E-state index contributed by atoms with van der Waals surface area (Å²) in [5.74, 6) is 5.39. The zero-order valence-electron chi connectivity index (χ0n) is 27.6. The van der Waals surface area contributed by atoms with Gasteiger partial charge in [-0.15, -0.1) is 0 Å². The van der Waals surface area contributed by atoms with E-state index in [1.54, 1.807) is 0 Å². The molecule has 0 spiro atoms. The molecule has 4 nitrogen and oxygen atoms in total. The average molecular weight is 627 g/mol. The summed E-state index contributed by atoms with van der Waals surface area (Å²) in [6.07, 6.45) is 15.0. The Morgan fingerprint density at radius 2 is 1.06 bits per heavy atom. The molecule has 0 saturated heterocycles. The molecular formula is C44H42N4. The molecule has 4 heteroatoms. The van der Waals surface area contributed by atoms with Gasteiger partial charge in [0.25, 0.3) is 0 Å². The molecule has 1 heterocycles. The Bertz CT molecular complexity index is 1960. The Morgan fingerprint density at radius 1 is 0.542 bits per heavy atom. The van der Waals surface area contributed by atoms with E-state index in [9.17, 15) is 5.26 Å². The van der Waals surface area contributed by atoms with Crippen LogP contribution in [-0.2, 0) is 5.41 Å². The number of benzene rings is 4. The fraction of sp³-hybridized carbons (Fsp3) is 0.364. The van der Waals surface area contributed by atoms with Crippen molar-refractivity contribution >= 4 is 0 Å². The zero-order valence-corrected chi connectivity index (χ0v) is 27.6. The molecule has 5 saturated carbocycles. The Labute approximate surface area is 284 Å². The summed E-state index contributed by atoms with van der Waals surface area (Å²) in [4.78, 5) is 15.4. The van der Waals surface area contributed by atoms with E-state index >= 15 is 0 Å². The van der Waals surface area contributed by atoms with Crippen LogP contribution in [-0.4, -0.2) is 15.0 Å². The van der Waals surface area contributed by atoms with Crippen molar-refractivity contribution in [2.75, 3.05) is 0 Å². The molecule has 4 aromatic carbocycles. The van der Waals surface area contributed by atoms with Gasteiger partial charge in [-0.2, -0.15) is 5.26 Å². The number of nitriles is 1. The number of nitrogens with zero attached hydrogens (tertiary/aromatic N) is 4. The molecule has 5 aromatic rings. The number of hydrogen-bond donors (Lipinski definition) is 0. The highest BCUT2D eigenvalue weighted by atomic mass is 15.0. The molecule has 4 bridgehead atoms. The maximum absolute atomic E-state index is 9.94. The summed E-state index contributed by atoms with van der Waals surface area (Å²) >= 11 is 0. The van der Waals surface area contributed by atoms with Crippen LogP contribution < -0.4 is 0 Å². The molecule has 5 aliphatic carbocycles. The summed E-state index contributed by atoms with van der Waals surface area (Å²) in [6.45, 7) is 0. The van der Waals surface area contributed by atoms with Gasteiger partial charge in [-0.05, 0) is 103 Å². The maximum atomic E-state index is 9.94. The van der Waals surface area contributed by atoms with E-state index in [2.05, 4.69) is 66.7 Å². The summed E-state index contributed by atoms with van der Waals surface area (Å²) in [5.41, 5.74) is 8.67. The lowest BCUT2D eigenvalue weighted by atomic mass is 9.48. The van der Waals surface area contributed by atoms with Crippen LogP contribution >= 0.6 is 0 Å².